The second kappa shape index (κ2) is 8.53. The van der Waals surface area contributed by atoms with Crippen molar-refractivity contribution in [3.63, 3.8) is 0 Å². The third-order valence-corrected chi connectivity index (χ3v) is 4.84. The molecule has 0 saturated carbocycles. The van der Waals surface area contributed by atoms with Gasteiger partial charge in [-0.05, 0) is 49.1 Å². The Balaban J connectivity index is 1.59. The third-order valence-electron chi connectivity index (χ3n) is 4.34. The summed E-state index contributed by atoms with van der Waals surface area (Å²) in [7, 11) is 0. The first-order chi connectivity index (χ1) is 12.6. The molecular formula is C18H21ClN4O2S. The summed E-state index contributed by atoms with van der Waals surface area (Å²) in [6.07, 6.45) is 1.43. The smallest absolute Gasteiger partial charge is 0.293 e. The lowest BCUT2D eigenvalue weighted by Crippen LogP contribution is -2.46. The number of halogens is 1. The maximum Gasteiger partial charge on any atom is 0.293 e. The fraction of sp³-hybridized carbons (Fsp3) is 0.333. The number of carbonyl (C=O) groups is 1. The van der Waals surface area contributed by atoms with Crippen molar-refractivity contribution < 1.29 is 9.21 Å². The van der Waals surface area contributed by atoms with Gasteiger partial charge in [0, 0.05) is 31.9 Å². The lowest BCUT2D eigenvalue weighted by atomic mass is 10.2. The Bertz CT molecular complexity index is 774. The van der Waals surface area contributed by atoms with Crippen LogP contribution in [0.15, 0.2) is 41.0 Å². The summed E-state index contributed by atoms with van der Waals surface area (Å²) in [4.78, 5) is 16.6. The molecule has 138 valence electrons. The predicted molar refractivity (Wildman–Crippen MR) is 108 cm³/mol. The van der Waals surface area contributed by atoms with Gasteiger partial charge in [0.05, 0.1) is 17.0 Å². The molecule has 1 amide bonds. The van der Waals surface area contributed by atoms with E-state index in [-0.39, 0.29) is 10.9 Å². The number of nitrogens with zero attached hydrogens (tertiary/aromatic N) is 2. The summed E-state index contributed by atoms with van der Waals surface area (Å²) in [5.41, 5.74) is 1.73. The van der Waals surface area contributed by atoms with Crippen molar-refractivity contribution in [2.24, 2.45) is 0 Å². The Kier molecular flexibility index (Phi) is 6.13. The highest BCUT2D eigenvalue weighted by atomic mass is 35.5. The third kappa shape index (κ3) is 4.55. The SMILES string of the molecule is CCN1CCN(c2ccc(NC(=S)NC(=O)c3ccco3)cc2Cl)CC1. The summed E-state index contributed by atoms with van der Waals surface area (Å²) in [5, 5.41) is 6.38. The van der Waals surface area contributed by atoms with Gasteiger partial charge in [-0.3, -0.25) is 10.1 Å². The van der Waals surface area contributed by atoms with Crippen LogP contribution in [-0.2, 0) is 0 Å². The van der Waals surface area contributed by atoms with Crippen molar-refractivity contribution in [1.82, 2.24) is 10.2 Å². The van der Waals surface area contributed by atoms with Gasteiger partial charge in [-0.1, -0.05) is 18.5 Å². The molecule has 0 radical (unpaired) electrons. The molecule has 26 heavy (non-hydrogen) atoms. The van der Waals surface area contributed by atoms with Crippen LogP contribution in [0.1, 0.15) is 17.5 Å². The molecule has 0 unspecified atom stereocenters. The zero-order valence-electron chi connectivity index (χ0n) is 14.5. The average Bonchev–Trinajstić information content (AvgIpc) is 3.17. The number of rotatable bonds is 4. The normalized spacial score (nSPS) is 14.9. The number of nitrogens with one attached hydrogen (secondary N) is 2. The molecule has 1 aliphatic heterocycles. The number of amides is 1. The Labute approximate surface area is 163 Å². The van der Waals surface area contributed by atoms with Gasteiger partial charge in [-0.25, -0.2) is 0 Å². The van der Waals surface area contributed by atoms with Crippen LogP contribution < -0.4 is 15.5 Å². The minimum atomic E-state index is -0.399. The van der Waals surface area contributed by atoms with Gasteiger partial charge in [-0.15, -0.1) is 0 Å². The zero-order chi connectivity index (χ0) is 18.5. The molecular weight excluding hydrogens is 372 g/mol. The molecule has 0 aliphatic carbocycles. The maximum atomic E-state index is 11.9. The van der Waals surface area contributed by atoms with Crippen molar-refractivity contribution in [3.8, 4) is 0 Å². The zero-order valence-corrected chi connectivity index (χ0v) is 16.1. The van der Waals surface area contributed by atoms with Crippen LogP contribution in [0.2, 0.25) is 5.02 Å². The lowest BCUT2D eigenvalue weighted by Gasteiger charge is -2.36. The van der Waals surface area contributed by atoms with Gasteiger partial charge in [-0.2, -0.15) is 0 Å². The molecule has 1 fully saturated rings. The van der Waals surface area contributed by atoms with Crippen LogP contribution >= 0.6 is 23.8 Å². The van der Waals surface area contributed by atoms with E-state index in [1.165, 1.54) is 6.26 Å². The van der Waals surface area contributed by atoms with Crippen molar-refractivity contribution >= 4 is 46.2 Å². The van der Waals surface area contributed by atoms with Crippen molar-refractivity contribution in [2.45, 2.75) is 6.92 Å². The summed E-state index contributed by atoms with van der Waals surface area (Å²) in [6.45, 7) is 7.24. The van der Waals surface area contributed by atoms with Crippen LogP contribution in [0.25, 0.3) is 0 Å². The van der Waals surface area contributed by atoms with Crippen LogP contribution in [0.5, 0.6) is 0 Å². The van der Waals surface area contributed by atoms with E-state index >= 15 is 0 Å². The van der Waals surface area contributed by atoms with Gasteiger partial charge in [0.1, 0.15) is 0 Å². The number of furan rings is 1. The monoisotopic (exact) mass is 392 g/mol. The van der Waals surface area contributed by atoms with Crippen molar-refractivity contribution in [2.75, 3.05) is 42.9 Å². The van der Waals surface area contributed by atoms with Crippen molar-refractivity contribution in [1.29, 1.82) is 0 Å². The van der Waals surface area contributed by atoms with Crippen LogP contribution in [0.4, 0.5) is 11.4 Å². The minimum Gasteiger partial charge on any atom is -0.459 e. The van der Waals surface area contributed by atoms with Crippen LogP contribution in [0, 0.1) is 0 Å². The van der Waals surface area contributed by atoms with E-state index < -0.39 is 5.91 Å². The van der Waals surface area contributed by atoms with E-state index in [1.54, 1.807) is 12.1 Å². The molecule has 2 N–H and O–H groups in total. The average molecular weight is 393 g/mol. The highest BCUT2D eigenvalue weighted by Crippen LogP contribution is 2.29. The summed E-state index contributed by atoms with van der Waals surface area (Å²) in [6, 6.07) is 8.91. The first-order valence-electron chi connectivity index (χ1n) is 8.49. The van der Waals surface area contributed by atoms with Crippen LogP contribution in [0.3, 0.4) is 0 Å². The van der Waals surface area contributed by atoms with E-state index in [9.17, 15) is 4.79 Å². The standard InChI is InChI=1S/C18H21ClN4O2S/c1-2-22-7-9-23(10-8-22)15-6-5-13(12-14(15)19)20-18(26)21-17(24)16-4-3-11-25-16/h3-6,11-12H,2,7-10H2,1H3,(H2,20,21,24,26). The fourth-order valence-corrected chi connectivity index (χ4v) is 3.39. The molecule has 0 spiro atoms. The first-order valence-corrected chi connectivity index (χ1v) is 9.28. The van der Waals surface area contributed by atoms with E-state index in [4.69, 9.17) is 28.2 Å². The van der Waals surface area contributed by atoms with Crippen molar-refractivity contribution in [3.05, 3.63) is 47.4 Å². The van der Waals surface area contributed by atoms with E-state index in [0.717, 1.165) is 44.1 Å². The molecule has 1 aromatic carbocycles. The predicted octanol–water partition coefficient (Wildman–Crippen LogP) is 3.20. The summed E-state index contributed by atoms with van der Waals surface area (Å²) >= 11 is 11.6. The second-order valence-electron chi connectivity index (χ2n) is 5.97. The minimum absolute atomic E-state index is 0.187. The first kappa shape index (κ1) is 18.7. The van der Waals surface area contributed by atoms with Gasteiger partial charge in [0.2, 0.25) is 0 Å². The molecule has 3 rings (SSSR count). The highest BCUT2D eigenvalue weighted by molar-refractivity contribution is 7.80. The molecule has 2 heterocycles. The Morgan fingerprint density at radius 3 is 2.65 bits per heavy atom. The largest absolute Gasteiger partial charge is 0.459 e. The Morgan fingerprint density at radius 2 is 2.04 bits per heavy atom. The van der Waals surface area contributed by atoms with Gasteiger partial charge in [0.15, 0.2) is 10.9 Å². The number of thiocarbonyl (C=S) groups is 1. The Morgan fingerprint density at radius 1 is 1.27 bits per heavy atom. The number of hydrogen-bond donors (Lipinski definition) is 2. The summed E-state index contributed by atoms with van der Waals surface area (Å²) < 4.78 is 5.03. The molecule has 0 atom stereocenters. The van der Waals surface area contributed by atoms with Gasteiger partial charge >= 0.3 is 0 Å². The molecule has 6 nitrogen and oxygen atoms in total. The van der Waals surface area contributed by atoms with E-state index in [1.807, 2.05) is 18.2 Å². The molecule has 1 aliphatic rings. The molecule has 2 aromatic rings. The molecule has 1 aromatic heterocycles. The van der Waals surface area contributed by atoms with E-state index in [2.05, 4.69) is 27.4 Å². The number of likely N-dealkylation sites (N-methyl/N-ethyl adjacent to an activating group) is 1. The quantitative estimate of drug-likeness (QED) is 0.779. The maximum absolute atomic E-state index is 11.9. The number of carbonyl (C=O) groups excluding carboxylic acids is 1. The number of anilines is 2. The molecule has 8 heteroatoms. The topological polar surface area (TPSA) is 60.8 Å². The molecule has 1 saturated heterocycles. The summed E-state index contributed by atoms with van der Waals surface area (Å²) in [5.74, 6) is -0.197. The van der Waals surface area contributed by atoms with Gasteiger partial charge in [0.25, 0.3) is 5.91 Å². The van der Waals surface area contributed by atoms with Gasteiger partial charge < -0.3 is 19.5 Å². The lowest BCUT2D eigenvalue weighted by molar-refractivity contribution is 0.0950. The second-order valence-corrected chi connectivity index (χ2v) is 6.79. The number of piperazine rings is 1. The molecule has 0 bridgehead atoms. The number of hydrogen-bond acceptors (Lipinski definition) is 5. The van der Waals surface area contributed by atoms with Crippen LogP contribution in [-0.4, -0.2) is 48.6 Å². The number of benzene rings is 1. The Hall–Kier alpha value is -2.09. The fourth-order valence-electron chi connectivity index (χ4n) is 2.88. The highest BCUT2D eigenvalue weighted by Gasteiger charge is 2.18. The van der Waals surface area contributed by atoms with E-state index in [0.29, 0.717) is 5.02 Å².